The fourth-order valence-electron chi connectivity index (χ4n) is 1.98. The lowest BCUT2D eigenvalue weighted by molar-refractivity contribution is -0.124. The zero-order chi connectivity index (χ0) is 18.3. The van der Waals surface area contributed by atoms with Crippen LogP contribution in [0.5, 0.6) is 0 Å². The molecule has 0 aromatic heterocycles. The molecular weight excluding hydrogens is 356 g/mol. The van der Waals surface area contributed by atoms with Crippen LogP contribution in [0, 0.1) is 0 Å². The maximum absolute atomic E-state index is 12.0. The van der Waals surface area contributed by atoms with E-state index in [-0.39, 0.29) is 21.5 Å². The smallest absolute Gasteiger partial charge is 0.338 e. The van der Waals surface area contributed by atoms with Gasteiger partial charge in [0.1, 0.15) is 4.90 Å². The molecule has 0 radical (unpaired) electrons. The Hall–Kier alpha value is -1.64. The Labute approximate surface area is 146 Å². The molecule has 0 bridgehead atoms. The lowest BCUT2D eigenvalue weighted by atomic mass is 10.2. The number of carbonyl (C=O) groups excluding carboxylic acids is 2. The molecular formula is C15H21ClN2O5S. The van der Waals surface area contributed by atoms with E-state index >= 15 is 0 Å². The Morgan fingerprint density at radius 3 is 2.58 bits per heavy atom. The molecule has 7 nitrogen and oxygen atoms in total. The number of esters is 1. The number of hydrogen-bond donors (Lipinski definition) is 2. The molecule has 1 aromatic carbocycles. The third-order valence-electron chi connectivity index (χ3n) is 3.19. The highest BCUT2D eigenvalue weighted by molar-refractivity contribution is 7.89. The number of hydrogen-bond acceptors (Lipinski definition) is 5. The number of sulfonamides is 1. The quantitative estimate of drug-likeness (QED) is 0.672. The van der Waals surface area contributed by atoms with Gasteiger partial charge in [-0.05, 0) is 38.6 Å². The monoisotopic (exact) mass is 376 g/mol. The average molecular weight is 377 g/mol. The Bertz CT molecular complexity index is 706. The summed E-state index contributed by atoms with van der Waals surface area (Å²) in [7, 11) is -2.57. The van der Waals surface area contributed by atoms with Gasteiger partial charge in [-0.1, -0.05) is 24.9 Å². The third-order valence-corrected chi connectivity index (χ3v) is 5.08. The standard InChI is InChI=1S/C15H21ClN2O5S/c1-4-5-10(2)18-14(19)9-23-15(20)11-6-7-12(16)13(8-11)24(21,22)17-3/h6-8,10,17H,4-5,9H2,1-3H3,(H,18,19)/t10-/m1/s1. The number of amides is 1. The predicted molar refractivity (Wildman–Crippen MR) is 90.5 cm³/mol. The molecule has 24 heavy (non-hydrogen) atoms. The van der Waals surface area contributed by atoms with Crippen molar-refractivity contribution in [2.45, 2.75) is 37.6 Å². The first-order valence-electron chi connectivity index (χ1n) is 7.40. The molecule has 1 atom stereocenters. The van der Waals surface area contributed by atoms with Crippen LogP contribution in [0.25, 0.3) is 0 Å². The average Bonchev–Trinajstić information content (AvgIpc) is 2.53. The number of rotatable bonds is 8. The van der Waals surface area contributed by atoms with Crippen LogP contribution in [0.15, 0.2) is 23.1 Å². The van der Waals surface area contributed by atoms with Crippen LogP contribution in [0.2, 0.25) is 5.02 Å². The summed E-state index contributed by atoms with van der Waals surface area (Å²) >= 11 is 5.84. The molecule has 134 valence electrons. The van der Waals surface area contributed by atoms with E-state index in [4.69, 9.17) is 16.3 Å². The van der Waals surface area contributed by atoms with Crippen molar-refractivity contribution in [3.8, 4) is 0 Å². The van der Waals surface area contributed by atoms with E-state index in [0.717, 1.165) is 18.9 Å². The van der Waals surface area contributed by atoms with Gasteiger partial charge in [-0.2, -0.15) is 0 Å². The lowest BCUT2D eigenvalue weighted by Crippen LogP contribution is -2.35. The fourth-order valence-corrected chi connectivity index (χ4v) is 3.23. The second-order valence-electron chi connectivity index (χ2n) is 5.19. The first kappa shape index (κ1) is 20.4. The van der Waals surface area contributed by atoms with Crippen LogP contribution < -0.4 is 10.0 Å². The van der Waals surface area contributed by atoms with Gasteiger partial charge in [0.25, 0.3) is 5.91 Å². The molecule has 0 unspecified atom stereocenters. The van der Waals surface area contributed by atoms with Gasteiger partial charge in [-0.15, -0.1) is 0 Å². The minimum Gasteiger partial charge on any atom is -0.452 e. The molecule has 0 saturated heterocycles. The molecule has 1 aromatic rings. The van der Waals surface area contributed by atoms with E-state index in [1.165, 1.54) is 19.2 Å². The lowest BCUT2D eigenvalue weighted by Gasteiger charge is -2.13. The topological polar surface area (TPSA) is 102 Å². The minimum absolute atomic E-state index is 0.0101. The van der Waals surface area contributed by atoms with Crippen molar-refractivity contribution in [1.29, 1.82) is 0 Å². The third kappa shape index (κ3) is 5.77. The number of halogens is 1. The van der Waals surface area contributed by atoms with Crippen LogP contribution in [-0.2, 0) is 19.6 Å². The van der Waals surface area contributed by atoms with Gasteiger partial charge in [0.2, 0.25) is 10.0 Å². The van der Waals surface area contributed by atoms with Crippen molar-refractivity contribution in [3.63, 3.8) is 0 Å². The molecule has 0 aliphatic heterocycles. The van der Waals surface area contributed by atoms with E-state index in [2.05, 4.69) is 10.0 Å². The van der Waals surface area contributed by atoms with Crippen molar-refractivity contribution in [2.75, 3.05) is 13.7 Å². The Kier molecular flexibility index (Phi) is 7.65. The second kappa shape index (κ2) is 9.00. The van der Waals surface area contributed by atoms with E-state index in [1.54, 1.807) is 0 Å². The number of nitrogens with one attached hydrogen (secondary N) is 2. The first-order chi connectivity index (χ1) is 11.2. The number of carbonyl (C=O) groups is 2. The van der Waals surface area contributed by atoms with Crippen molar-refractivity contribution in [2.24, 2.45) is 0 Å². The van der Waals surface area contributed by atoms with Crippen molar-refractivity contribution >= 4 is 33.5 Å². The molecule has 0 saturated carbocycles. The van der Waals surface area contributed by atoms with Crippen LogP contribution >= 0.6 is 11.6 Å². The van der Waals surface area contributed by atoms with Crippen LogP contribution in [0.1, 0.15) is 37.0 Å². The summed E-state index contributed by atoms with van der Waals surface area (Å²) in [4.78, 5) is 23.4. The summed E-state index contributed by atoms with van der Waals surface area (Å²) in [5, 5.41) is 2.68. The summed E-state index contributed by atoms with van der Waals surface area (Å²) in [6.07, 6.45) is 1.75. The highest BCUT2D eigenvalue weighted by Gasteiger charge is 2.19. The van der Waals surface area contributed by atoms with E-state index in [9.17, 15) is 18.0 Å². The van der Waals surface area contributed by atoms with Crippen LogP contribution in [0.3, 0.4) is 0 Å². The molecule has 9 heteroatoms. The maximum Gasteiger partial charge on any atom is 0.338 e. The molecule has 2 N–H and O–H groups in total. The predicted octanol–water partition coefficient (Wildman–Crippen LogP) is 1.71. The highest BCUT2D eigenvalue weighted by atomic mass is 35.5. The van der Waals surface area contributed by atoms with Gasteiger partial charge in [-0.3, -0.25) is 4.79 Å². The normalized spacial score (nSPS) is 12.5. The molecule has 0 fully saturated rings. The molecule has 1 amide bonds. The molecule has 0 heterocycles. The number of ether oxygens (including phenoxy) is 1. The van der Waals surface area contributed by atoms with Gasteiger partial charge < -0.3 is 10.1 Å². The zero-order valence-corrected chi connectivity index (χ0v) is 15.3. The molecule has 1 rings (SSSR count). The largest absolute Gasteiger partial charge is 0.452 e. The minimum atomic E-state index is -3.81. The summed E-state index contributed by atoms with van der Waals surface area (Å²) in [6.45, 7) is 3.42. The SMILES string of the molecule is CCC[C@@H](C)NC(=O)COC(=O)c1ccc(Cl)c(S(=O)(=O)NC)c1. The summed E-state index contributed by atoms with van der Waals surface area (Å²) in [5.41, 5.74) is -0.0115. The Morgan fingerprint density at radius 1 is 1.33 bits per heavy atom. The zero-order valence-electron chi connectivity index (χ0n) is 13.8. The Balaban J connectivity index is 2.76. The summed E-state index contributed by atoms with van der Waals surface area (Å²) in [5.74, 6) is -1.22. The summed E-state index contributed by atoms with van der Waals surface area (Å²) < 4.78 is 30.7. The van der Waals surface area contributed by atoms with Gasteiger partial charge in [0.15, 0.2) is 6.61 Å². The summed E-state index contributed by atoms with van der Waals surface area (Å²) in [6, 6.07) is 3.71. The highest BCUT2D eigenvalue weighted by Crippen LogP contribution is 2.22. The van der Waals surface area contributed by atoms with Crippen molar-refractivity contribution in [1.82, 2.24) is 10.0 Å². The van der Waals surface area contributed by atoms with Gasteiger partial charge in [0.05, 0.1) is 10.6 Å². The van der Waals surface area contributed by atoms with E-state index < -0.39 is 28.5 Å². The van der Waals surface area contributed by atoms with Gasteiger partial charge in [-0.25, -0.2) is 17.9 Å². The van der Waals surface area contributed by atoms with E-state index in [1.807, 2.05) is 13.8 Å². The van der Waals surface area contributed by atoms with Crippen LogP contribution in [-0.4, -0.2) is 40.0 Å². The van der Waals surface area contributed by atoms with Gasteiger partial charge in [0, 0.05) is 6.04 Å². The Morgan fingerprint density at radius 2 is 2.00 bits per heavy atom. The molecule has 0 spiro atoms. The van der Waals surface area contributed by atoms with Gasteiger partial charge >= 0.3 is 5.97 Å². The number of benzene rings is 1. The van der Waals surface area contributed by atoms with E-state index in [0.29, 0.717) is 0 Å². The second-order valence-corrected chi connectivity index (χ2v) is 7.45. The maximum atomic E-state index is 12.0. The first-order valence-corrected chi connectivity index (χ1v) is 9.27. The van der Waals surface area contributed by atoms with Crippen molar-refractivity contribution < 1.29 is 22.7 Å². The molecule has 0 aliphatic carbocycles. The fraction of sp³-hybridized carbons (Fsp3) is 0.467. The molecule has 0 aliphatic rings. The van der Waals surface area contributed by atoms with Crippen LogP contribution in [0.4, 0.5) is 0 Å². The van der Waals surface area contributed by atoms with Crippen molar-refractivity contribution in [3.05, 3.63) is 28.8 Å².